The molecule has 2 aliphatic rings. The fraction of sp³-hybridized carbons (Fsp3) is 0.200. The highest BCUT2D eigenvalue weighted by Crippen LogP contribution is 2.44. The van der Waals surface area contributed by atoms with Gasteiger partial charge in [-0.05, 0) is 68.4 Å². The van der Waals surface area contributed by atoms with Crippen molar-refractivity contribution in [3.63, 3.8) is 0 Å². The average Bonchev–Trinajstić information content (AvgIpc) is 3.52. The predicted molar refractivity (Wildman–Crippen MR) is 118 cm³/mol. The Balaban J connectivity index is 1.64. The van der Waals surface area contributed by atoms with Crippen molar-refractivity contribution in [3.05, 3.63) is 77.3 Å². The third-order valence-electron chi connectivity index (χ3n) is 5.55. The van der Waals surface area contributed by atoms with Gasteiger partial charge in [0.25, 0.3) is 11.7 Å². The van der Waals surface area contributed by atoms with Gasteiger partial charge >= 0.3 is 0 Å². The fourth-order valence-corrected chi connectivity index (χ4v) is 4.04. The number of carbonyl (C=O) groups excluding carboxylic acids is 2. The van der Waals surface area contributed by atoms with Crippen LogP contribution in [-0.4, -0.2) is 30.2 Å². The number of ether oxygens (including phenoxy) is 3. The maximum absolute atomic E-state index is 13.2. The minimum absolute atomic E-state index is 0.0675. The van der Waals surface area contributed by atoms with Crippen molar-refractivity contribution >= 4 is 23.1 Å². The van der Waals surface area contributed by atoms with Crippen LogP contribution >= 0.6 is 0 Å². The van der Waals surface area contributed by atoms with Crippen molar-refractivity contribution in [3.8, 4) is 17.2 Å². The summed E-state index contributed by atoms with van der Waals surface area (Å²) in [5.41, 5.74) is 0.740. The standard InChI is InChI=1S/C25H21NO7/c1-3-30-17-8-6-16(7-9-17)26-22(19-10-4-14(2)33-19)21(24(28)25(26)29)23(27)15-5-11-18-20(12-15)32-13-31-18/h4-12,22,27H,3,13H2,1-2H3/b23-21-. The highest BCUT2D eigenvalue weighted by Gasteiger charge is 2.48. The van der Waals surface area contributed by atoms with E-state index in [-0.39, 0.29) is 18.1 Å². The first-order valence-electron chi connectivity index (χ1n) is 10.5. The molecule has 5 rings (SSSR count). The summed E-state index contributed by atoms with van der Waals surface area (Å²) in [5.74, 6) is 0.722. The molecular formula is C25H21NO7. The summed E-state index contributed by atoms with van der Waals surface area (Å²) in [6, 6.07) is 14.2. The van der Waals surface area contributed by atoms with Crippen LogP contribution in [0.2, 0.25) is 0 Å². The molecule has 2 aromatic carbocycles. The lowest BCUT2D eigenvalue weighted by molar-refractivity contribution is -0.132. The Morgan fingerprint density at radius 2 is 1.82 bits per heavy atom. The molecule has 168 valence electrons. The van der Waals surface area contributed by atoms with Crippen LogP contribution in [0.25, 0.3) is 5.76 Å². The topological polar surface area (TPSA) is 98.4 Å². The first-order valence-corrected chi connectivity index (χ1v) is 10.5. The van der Waals surface area contributed by atoms with Crippen molar-refractivity contribution in [1.82, 2.24) is 0 Å². The number of benzene rings is 2. The molecule has 1 unspecified atom stereocenters. The number of aliphatic hydroxyl groups excluding tert-OH is 1. The van der Waals surface area contributed by atoms with Gasteiger partial charge < -0.3 is 23.7 Å². The van der Waals surface area contributed by atoms with E-state index in [1.807, 2.05) is 6.92 Å². The highest BCUT2D eigenvalue weighted by molar-refractivity contribution is 6.51. The zero-order valence-electron chi connectivity index (χ0n) is 18.0. The molecule has 8 nitrogen and oxygen atoms in total. The van der Waals surface area contributed by atoms with Gasteiger partial charge in [-0.15, -0.1) is 0 Å². The van der Waals surface area contributed by atoms with Gasteiger partial charge in [0.1, 0.15) is 29.1 Å². The lowest BCUT2D eigenvalue weighted by Crippen LogP contribution is -2.29. The quantitative estimate of drug-likeness (QED) is 0.353. The Labute approximate surface area is 189 Å². The van der Waals surface area contributed by atoms with E-state index in [2.05, 4.69) is 0 Å². The third kappa shape index (κ3) is 3.49. The van der Waals surface area contributed by atoms with Crippen molar-refractivity contribution in [2.75, 3.05) is 18.3 Å². The Kier molecular flexibility index (Phi) is 5.05. The van der Waals surface area contributed by atoms with Crippen molar-refractivity contribution in [2.45, 2.75) is 19.9 Å². The molecule has 1 saturated heterocycles. The number of anilines is 1. The summed E-state index contributed by atoms with van der Waals surface area (Å²) in [6.07, 6.45) is 0. The monoisotopic (exact) mass is 447 g/mol. The van der Waals surface area contributed by atoms with Crippen LogP contribution in [0.5, 0.6) is 17.2 Å². The van der Waals surface area contributed by atoms with Crippen LogP contribution in [-0.2, 0) is 9.59 Å². The zero-order valence-corrected chi connectivity index (χ0v) is 18.0. The second-order valence-corrected chi connectivity index (χ2v) is 7.61. The minimum Gasteiger partial charge on any atom is -0.507 e. The number of aryl methyl sites for hydroxylation is 1. The summed E-state index contributed by atoms with van der Waals surface area (Å²) >= 11 is 0. The van der Waals surface area contributed by atoms with E-state index in [0.29, 0.717) is 46.6 Å². The van der Waals surface area contributed by atoms with Gasteiger partial charge in [-0.3, -0.25) is 14.5 Å². The molecule has 1 aromatic heterocycles. The lowest BCUT2D eigenvalue weighted by atomic mass is 9.99. The van der Waals surface area contributed by atoms with E-state index in [4.69, 9.17) is 18.6 Å². The summed E-state index contributed by atoms with van der Waals surface area (Å²) < 4.78 is 22.0. The summed E-state index contributed by atoms with van der Waals surface area (Å²) in [7, 11) is 0. The maximum Gasteiger partial charge on any atom is 0.300 e. The van der Waals surface area contributed by atoms with E-state index in [1.165, 1.54) is 4.90 Å². The van der Waals surface area contributed by atoms with Crippen LogP contribution in [0.15, 0.2) is 64.6 Å². The summed E-state index contributed by atoms with van der Waals surface area (Å²) in [5, 5.41) is 11.2. The minimum atomic E-state index is -0.943. The number of aliphatic hydroxyl groups is 1. The second-order valence-electron chi connectivity index (χ2n) is 7.61. The lowest BCUT2D eigenvalue weighted by Gasteiger charge is -2.23. The zero-order chi connectivity index (χ0) is 23.1. The molecule has 33 heavy (non-hydrogen) atoms. The Hall–Kier alpha value is -4.20. The number of rotatable bonds is 5. The first-order chi connectivity index (χ1) is 16.0. The molecule has 0 spiro atoms. The number of nitrogens with zero attached hydrogens (tertiary/aromatic N) is 1. The third-order valence-corrected chi connectivity index (χ3v) is 5.55. The van der Waals surface area contributed by atoms with Crippen molar-refractivity contribution in [1.29, 1.82) is 0 Å². The van der Waals surface area contributed by atoms with E-state index in [9.17, 15) is 14.7 Å². The maximum atomic E-state index is 13.2. The normalized spacial score (nSPS) is 18.7. The summed E-state index contributed by atoms with van der Waals surface area (Å²) in [6.45, 7) is 4.23. The number of fused-ring (bicyclic) bond motifs is 1. The molecular weight excluding hydrogens is 426 g/mol. The largest absolute Gasteiger partial charge is 0.507 e. The number of furan rings is 1. The van der Waals surface area contributed by atoms with Crippen molar-refractivity contribution in [2.24, 2.45) is 0 Å². The van der Waals surface area contributed by atoms with Crippen LogP contribution in [0.1, 0.15) is 30.0 Å². The highest BCUT2D eigenvalue weighted by atomic mass is 16.7. The van der Waals surface area contributed by atoms with Gasteiger partial charge in [-0.2, -0.15) is 0 Å². The molecule has 3 aromatic rings. The van der Waals surface area contributed by atoms with E-state index in [1.54, 1.807) is 61.5 Å². The van der Waals surface area contributed by atoms with Crippen LogP contribution in [0.3, 0.4) is 0 Å². The van der Waals surface area contributed by atoms with Crippen LogP contribution < -0.4 is 19.1 Å². The van der Waals surface area contributed by atoms with Gasteiger partial charge in [0, 0.05) is 11.3 Å². The summed E-state index contributed by atoms with van der Waals surface area (Å²) in [4.78, 5) is 27.6. The molecule has 1 N–H and O–H groups in total. The molecule has 0 aliphatic carbocycles. The molecule has 1 fully saturated rings. The molecule has 2 aliphatic heterocycles. The van der Waals surface area contributed by atoms with Gasteiger partial charge in [-0.1, -0.05) is 0 Å². The van der Waals surface area contributed by atoms with Crippen LogP contribution in [0.4, 0.5) is 5.69 Å². The average molecular weight is 447 g/mol. The van der Waals surface area contributed by atoms with Gasteiger partial charge in [0.15, 0.2) is 11.5 Å². The number of Topliss-reactive ketones (excluding diaryl/α,β-unsaturated/α-hetero) is 1. The van der Waals surface area contributed by atoms with E-state index < -0.39 is 17.7 Å². The smallest absolute Gasteiger partial charge is 0.300 e. The molecule has 8 heteroatoms. The van der Waals surface area contributed by atoms with E-state index in [0.717, 1.165) is 0 Å². The number of carbonyl (C=O) groups is 2. The molecule has 0 saturated carbocycles. The number of hydrogen-bond acceptors (Lipinski definition) is 7. The van der Waals surface area contributed by atoms with Crippen molar-refractivity contribution < 1.29 is 33.3 Å². The predicted octanol–water partition coefficient (Wildman–Crippen LogP) is 4.34. The Morgan fingerprint density at radius 1 is 1.06 bits per heavy atom. The Bertz CT molecular complexity index is 1270. The molecule has 0 radical (unpaired) electrons. The molecule has 3 heterocycles. The number of amides is 1. The number of ketones is 1. The molecule has 0 bridgehead atoms. The second kappa shape index (κ2) is 8.05. The molecule has 1 atom stereocenters. The first kappa shape index (κ1) is 20.7. The van der Waals surface area contributed by atoms with E-state index >= 15 is 0 Å². The SMILES string of the molecule is CCOc1ccc(N2C(=O)C(=O)/C(=C(\O)c3ccc4c(c3)OCO4)C2c2ccc(C)o2)cc1. The number of hydrogen-bond donors (Lipinski definition) is 1. The van der Waals surface area contributed by atoms with Crippen LogP contribution in [0, 0.1) is 6.92 Å². The van der Waals surface area contributed by atoms with Gasteiger partial charge in [-0.25, -0.2) is 0 Å². The Morgan fingerprint density at radius 3 is 2.52 bits per heavy atom. The van der Waals surface area contributed by atoms with Gasteiger partial charge in [0.2, 0.25) is 6.79 Å². The fourth-order valence-electron chi connectivity index (χ4n) is 4.04. The molecule has 1 amide bonds. The van der Waals surface area contributed by atoms with Gasteiger partial charge in [0.05, 0.1) is 12.2 Å².